The topological polar surface area (TPSA) is 50.2 Å². The van der Waals surface area contributed by atoms with Gasteiger partial charge in [-0.2, -0.15) is 0 Å². The summed E-state index contributed by atoms with van der Waals surface area (Å²) in [6, 6.07) is 0. The quantitative estimate of drug-likeness (QED) is 0.881. The summed E-state index contributed by atoms with van der Waals surface area (Å²) in [7, 11) is 0. The zero-order valence-corrected chi connectivity index (χ0v) is 7.93. The summed E-state index contributed by atoms with van der Waals surface area (Å²) in [5, 5.41) is 7.85. The van der Waals surface area contributed by atoms with E-state index >= 15 is 0 Å². The molecule has 3 nitrogen and oxygen atoms in total. The van der Waals surface area contributed by atoms with Gasteiger partial charge >= 0.3 is 5.97 Å². The average Bonchev–Trinajstić information content (AvgIpc) is 2.09. The number of pyridine rings is 1. The number of carboxylic acids is 1. The van der Waals surface area contributed by atoms with E-state index in [1.54, 1.807) is 0 Å². The molecule has 1 aromatic heterocycles. The Hall–Kier alpha value is -1.30. The molecule has 0 atom stereocenters. The van der Waals surface area contributed by atoms with E-state index in [0.29, 0.717) is 0 Å². The predicted octanol–water partition coefficient (Wildman–Crippen LogP) is 2.44. The fourth-order valence-corrected chi connectivity index (χ4v) is 1.20. The zero-order chi connectivity index (χ0) is 11.6. The van der Waals surface area contributed by atoms with Gasteiger partial charge in [0, 0.05) is 6.20 Å². The summed E-state index contributed by atoms with van der Waals surface area (Å²) >= 11 is 5.30. The lowest BCUT2D eigenvalue weighted by Gasteiger charge is -2.07. The second kappa shape index (κ2) is 4.48. The maximum absolute atomic E-state index is 13.3. The Labute approximate surface area is 87.5 Å². The van der Waals surface area contributed by atoms with Gasteiger partial charge in [0.1, 0.15) is 0 Å². The highest BCUT2D eigenvalue weighted by atomic mass is 35.5. The van der Waals surface area contributed by atoms with Crippen molar-refractivity contribution in [2.24, 2.45) is 0 Å². The molecule has 7 heteroatoms. The molecule has 0 aromatic carbocycles. The van der Waals surface area contributed by atoms with Gasteiger partial charge in [0.15, 0.2) is 5.82 Å². The highest BCUT2D eigenvalue weighted by molar-refractivity contribution is 6.31. The first-order valence-corrected chi connectivity index (χ1v) is 4.14. The van der Waals surface area contributed by atoms with Gasteiger partial charge in [-0.3, -0.25) is 9.78 Å². The number of aromatic nitrogens is 1. The molecule has 15 heavy (non-hydrogen) atoms. The van der Waals surface area contributed by atoms with Crippen LogP contribution in [0.1, 0.15) is 17.7 Å². The van der Waals surface area contributed by atoms with Crippen molar-refractivity contribution in [3.8, 4) is 0 Å². The smallest absolute Gasteiger partial charge is 0.309 e. The number of hydrogen-bond acceptors (Lipinski definition) is 2. The molecule has 1 aromatic rings. The van der Waals surface area contributed by atoms with E-state index in [-0.39, 0.29) is 0 Å². The second-order valence-electron chi connectivity index (χ2n) is 2.65. The van der Waals surface area contributed by atoms with Crippen molar-refractivity contribution in [3.63, 3.8) is 0 Å². The molecule has 1 rings (SSSR count). The molecule has 0 aliphatic rings. The van der Waals surface area contributed by atoms with Crippen LogP contribution in [0, 0.1) is 5.82 Å². The van der Waals surface area contributed by atoms with Crippen LogP contribution in [0.4, 0.5) is 13.2 Å². The fraction of sp³-hybridized carbons (Fsp3) is 0.250. The van der Waals surface area contributed by atoms with Crippen LogP contribution >= 0.6 is 11.6 Å². The van der Waals surface area contributed by atoms with Crippen LogP contribution in [-0.4, -0.2) is 16.1 Å². The molecule has 0 aliphatic carbocycles. The Morgan fingerprint density at radius 1 is 1.60 bits per heavy atom. The number of alkyl halides is 2. The minimum absolute atomic E-state index is 0.517. The summed E-state index contributed by atoms with van der Waals surface area (Å²) in [5.74, 6) is -2.72. The number of carbonyl (C=O) groups is 1. The van der Waals surface area contributed by atoms with Gasteiger partial charge in [0.05, 0.1) is 22.7 Å². The van der Waals surface area contributed by atoms with Gasteiger partial charge in [-0.05, 0) is 0 Å². The molecular formula is C8H5ClF3NO2. The Balaban J connectivity index is 3.22. The van der Waals surface area contributed by atoms with E-state index < -0.39 is 40.9 Å². The first-order valence-electron chi connectivity index (χ1n) is 3.76. The number of rotatable bonds is 3. The van der Waals surface area contributed by atoms with E-state index in [9.17, 15) is 18.0 Å². The minimum Gasteiger partial charge on any atom is -0.481 e. The van der Waals surface area contributed by atoms with Crippen LogP contribution in [0.2, 0.25) is 5.02 Å². The summed E-state index contributed by atoms with van der Waals surface area (Å²) in [6.07, 6.45) is -3.05. The maximum Gasteiger partial charge on any atom is 0.309 e. The summed E-state index contributed by atoms with van der Waals surface area (Å²) in [5.41, 5.74) is -1.56. The third kappa shape index (κ3) is 2.59. The van der Waals surface area contributed by atoms with Gasteiger partial charge < -0.3 is 5.11 Å². The number of nitrogens with zero attached hydrogens (tertiary/aromatic N) is 1. The van der Waals surface area contributed by atoms with Gasteiger partial charge in [-0.25, -0.2) is 13.2 Å². The zero-order valence-electron chi connectivity index (χ0n) is 7.18. The minimum atomic E-state index is -3.10. The lowest BCUT2D eigenvalue weighted by molar-refractivity contribution is -0.136. The molecule has 0 radical (unpaired) electrons. The van der Waals surface area contributed by atoms with Gasteiger partial charge in [-0.1, -0.05) is 11.6 Å². The molecule has 0 spiro atoms. The summed E-state index contributed by atoms with van der Waals surface area (Å²) in [6.45, 7) is 0. The monoisotopic (exact) mass is 239 g/mol. The average molecular weight is 240 g/mol. The molecule has 0 aliphatic heterocycles. The number of halogens is 4. The number of aliphatic carboxylic acids is 1. The van der Waals surface area contributed by atoms with Crippen LogP contribution in [0.5, 0.6) is 0 Å². The van der Waals surface area contributed by atoms with E-state index in [2.05, 4.69) is 4.98 Å². The molecule has 0 fully saturated rings. The van der Waals surface area contributed by atoms with Gasteiger partial charge in [0.2, 0.25) is 0 Å². The fourth-order valence-electron chi connectivity index (χ4n) is 0.988. The third-order valence-corrected chi connectivity index (χ3v) is 1.92. The summed E-state index contributed by atoms with van der Waals surface area (Å²) in [4.78, 5) is 13.6. The lowest BCUT2D eigenvalue weighted by atomic mass is 10.2. The molecule has 0 saturated carbocycles. The van der Waals surface area contributed by atoms with Crippen LogP contribution < -0.4 is 0 Å². The number of carboxylic acid groups (broad SMARTS) is 1. The normalized spacial score (nSPS) is 10.7. The van der Waals surface area contributed by atoms with Crippen LogP contribution in [0.25, 0.3) is 0 Å². The van der Waals surface area contributed by atoms with Crippen molar-refractivity contribution in [3.05, 3.63) is 28.3 Å². The highest BCUT2D eigenvalue weighted by Gasteiger charge is 2.22. The largest absolute Gasteiger partial charge is 0.481 e. The molecule has 0 unspecified atom stereocenters. The second-order valence-corrected chi connectivity index (χ2v) is 3.06. The Kier molecular flexibility index (Phi) is 3.52. The standard InChI is InChI=1S/C8H5ClF3NO2/c9-3-2-13-4(1-5(14)15)7(10)6(3)8(11)12/h2,8H,1H2,(H,14,15). The number of hydrogen-bond donors (Lipinski definition) is 1. The summed E-state index contributed by atoms with van der Waals surface area (Å²) < 4.78 is 37.9. The van der Waals surface area contributed by atoms with Crippen LogP contribution in [-0.2, 0) is 11.2 Å². The SMILES string of the molecule is O=C(O)Cc1ncc(Cl)c(C(F)F)c1F. The van der Waals surface area contributed by atoms with Crippen molar-refractivity contribution in [1.29, 1.82) is 0 Å². The third-order valence-electron chi connectivity index (χ3n) is 1.62. The molecule has 0 saturated heterocycles. The first kappa shape index (κ1) is 11.8. The van der Waals surface area contributed by atoms with Crippen LogP contribution in [0.15, 0.2) is 6.20 Å². The lowest BCUT2D eigenvalue weighted by Crippen LogP contribution is -2.08. The Morgan fingerprint density at radius 2 is 2.20 bits per heavy atom. The molecule has 1 N–H and O–H groups in total. The van der Waals surface area contributed by atoms with Crippen molar-refractivity contribution in [2.75, 3.05) is 0 Å². The first-order chi connectivity index (χ1) is 6.93. The molecule has 0 amide bonds. The van der Waals surface area contributed by atoms with E-state index in [1.165, 1.54) is 0 Å². The van der Waals surface area contributed by atoms with E-state index in [4.69, 9.17) is 16.7 Å². The predicted molar refractivity (Wildman–Crippen MR) is 45.5 cm³/mol. The van der Waals surface area contributed by atoms with Crippen molar-refractivity contribution >= 4 is 17.6 Å². The van der Waals surface area contributed by atoms with Crippen LogP contribution in [0.3, 0.4) is 0 Å². The van der Waals surface area contributed by atoms with E-state index in [1.807, 2.05) is 0 Å². The maximum atomic E-state index is 13.3. The molecule has 82 valence electrons. The van der Waals surface area contributed by atoms with E-state index in [0.717, 1.165) is 6.20 Å². The molecule has 1 heterocycles. The highest BCUT2D eigenvalue weighted by Crippen LogP contribution is 2.30. The van der Waals surface area contributed by atoms with Crippen molar-refractivity contribution in [1.82, 2.24) is 4.98 Å². The molecular weight excluding hydrogens is 235 g/mol. The van der Waals surface area contributed by atoms with Crippen molar-refractivity contribution in [2.45, 2.75) is 12.8 Å². The Morgan fingerprint density at radius 3 is 2.67 bits per heavy atom. The molecule has 0 bridgehead atoms. The van der Waals surface area contributed by atoms with Gasteiger partial charge in [-0.15, -0.1) is 0 Å². The van der Waals surface area contributed by atoms with Gasteiger partial charge in [0.25, 0.3) is 6.43 Å². The Bertz CT molecular complexity index is 398. The van der Waals surface area contributed by atoms with Crippen molar-refractivity contribution < 1.29 is 23.1 Å².